The molecule has 2 heterocycles. The van der Waals surface area contributed by atoms with E-state index in [1.165, 1.54) is 37.5 Å². The van der Waals surface area contributed by atoms with Gasteiger partial charge in [0.15, 0.2) is 0 Å². The molecule has 0 saturated carbocycles. The van der Waals surface area contributed by atoms with Gasteiger partial charge in [-0.2, -0.15) is 4.37 Å². The lowest BCUT2D eigenvalue weighted by Crippen LogP contribution is -2.33. The first kappa shape index (κ1) is 15.3. The predicted octanol–water partition coefficient (Wildman–Crippen LogP) is 2.52. The molecule has 0 aliphatic carbocycles. The fourth-order valence-electron chi connectivity index (χ4n) is 2.53. The Morgan fingerprint density at radius 2 is 2.20 bits per heavy atom. The molecule has 20 heavy (non-hydrogen) atoms. The molecule has 1 aromatic heterocycles. The van der Waals surface area contributed by atoms with E-state index < -0.39 is 0 Å². The number of likely N-dealkylation sites (tertiary alicyclic amines) is 1. The van der Waals surface area contributed by atoms with Gasteiger partial charge >= 0.3 is 5.97 Å². The number of hydrogen-bond donors (Lipinski definition) is 1. The molecule has 0 amide bonds. The number of carbonyl (C=O) groups is 1. The Bertz CT molecular complexity index is 455. The smallest absolute Gasteiger partial charge is 0.343 e. The lowest BCUT2D eigenvalue weighted by Gasteiger charge is -2.21. The number of anilines is 1. The van der Waals surface area contributed by atoms with Crippen LogP contribution in [0.25, 0.3) is 0 Å². The molecule has 1 aliphatic rings. The largest absolute Gasteiger partial charge is 0.462 e. The van der Waals surface area contributed by atoms with Crippen LogP contribution in [0.1, 0.15) is 42.7 Å². The van der Waals surface area contributed by atoms with Gasteiger partial charge in [-0.1, -0.05) is 0 Å². The quantitative estimate of drug-likeness (QED) is 0.818. The number of carbonyl (C=O) groups excluding carboxylic acids is 1. The molecule has 0 bridgehead atoms. The Morgan fingerprint density at radius 3 is 2.85 bits per heavy atom. The maximum atomic E-state index is 12.0. The zero-order valence-corrected chi connectivity index (χ0v) is 13.3. The lowest BCUT2D eigenvalue weighted by atomic mass is 10.2. The Hall–Kier alpha value is -1.14. The molecule has 1 fully saturated rings. The van der Waals surface area contributed by atoms with Gasteiger partial charge in [0.2, 0.25) is 0 Å². The van der Waals surface area contributed by atoms with Crippen molar-refractivity contribution in [2.75, 3.05) is 31.6 Å². The average Bonchev–Trinajstić information content (AvgIpc) is 3.00. The van der Waals surface area contributed by atoms with Crippen molar-refractivity contribution >= 4 is 22.5 Å². The number of hydrogen-bond acceptors (Lipinski definition) is 6. The van der Waals surface area contributed by atoms with E-state index >= 15 is 0 Å². The van der Waals surface area contributed by atoms with Gasteiger partial charge in [-0.05, 0) is 58.2 Å². The summed E-state index contributed by atoms with van der Waals surface area (Å²) in [6, 6.07) is 0.293. The predicted molar refractivity (Wildman–Crippen MR) is 81.6 cm³/mol. The van der Waals surface area contributed by atoms with Crippen molar-refractivity contribution in [3.63, 3.8) is 0 Å². The third-order valence-corrected chi connectivity index (χ3v) is 4.32. The van der Waals surface area contributed by atoms with Crippen LogP contribution in [0.5, 0.6) is 0 Å². The summed E-state index contributed by atoms with van der Waals surface area (Å²) in [5.41, 5.74) is 1.33. The van der Waals surface area contributed by atoms with Gasteiger partial charge < -0.3 is 15.0 Å². The number of ether oxygens (including phenoxy) is 1. The van der Waals surface area contributed by atoms with Crippen molar-refractivity contribution < 1.29 is 9.53 Å². The zero-order chi connectivity index (χ0) is 14.5. The fraction of sp³-hybridized carbons (Fsp3) is 0.714. The monoisotopic (exact) mass is 297 g/mol. The van der Waals surface area contributed by atoms with Crippen LogP contribution in [0.15, 0.2) is 0 Å². The second kappa shape index (κ2) is 7.04. The minimum Gasteiger partial charge on any atom is -0.462 e. The Labute approximate surface area is 124 Å². The van der Waals surface area contributed by atoms with Crippen LogP contribution >= 0.6 is 11.5 Å². The minimum absolute atomic E-state index is 0.283. The summed E-state index contributed by atoms with van der Waals surface area (Å²) in [6.45, 7) is 9.55. The molecule has 1 saturated heterocycles. The van der Waals surface area contributed by atoms with E-state index in [1.807, 2.05) is 13.8 Å². The second-order valence-corrected chi connectivity index (χ2v) is 6.02. The molecule has 2 rings (SSSR count). The second-order valence-electron chi connectivity index (χ2n) is 5.25. The van der Waals surface area contributed by atoms with Gasteiger partial charge in [0.25, 0.3) is 0 Å². The molecule has 0 aromatic carbocycles. The molecule has 1 N–H and O–H groups in total. The van der Waals surface area contributed by atoms with E-state index in [-0.39, 0.29) is 5.97 Å². The summed E-state index contributed by atoms with van der Waals surface area (Å²) in [5, 5.41) is 4.24. The normalized spacial score (nSPS) is 17.1. The molecule has 1 atom stereocenters. The molecular formula is C14H23N3O2S. The van der Waals surface area contributed by atoms with Crippen LogP contribution in [-0.2, 0) is 4.74 Å². The van der Waals surface area contributed by atoms with Crippen molar-refractivity contribution in [1.82, 2.24) is 9.27 Å². The summed E-state index contributed by atoms with van der Waals surface area (Å²) >= 11 is 1.34. The first-order valence-electron chi connectivity index (χ1n) is 7.24. The number of esters is 1. The topological polar surface area (TPSA) is 54.5 Å². The van der Waals surface area contributed by atoms with Crippen LogP contribution in [0.2, 0.25) is 0 Å². The van der Waals surface area contributed by atoms with E-state index in [1.54, 1.807) is 0 Å². The molecule has 112 valence electrons. The van der Waals surface area contributed by atoms with Gasteiger partial charge in [0.05, 0.1) is 12.3 Å². The summed E-state index contributed by atoms with van der Waals surface area (Å²) in [4.78, 5) is 14.4. The maximum Gasteiger partial charge on any atom is 0.343 e. The lowest BCUT2D eigenvalue weighted by molar-refractivity contribution is 0.0527. The molecule has 1 aromatic rings. The standard InChI is InChI=1S/C14H23N3O2S/c1-4-19-14(18)12-11(3)16-20-13(12)15-10(2)9-17-7-5-6-8-17/h10,15H,4-9H2,1-3H3. The van der Waals surface area contributed by atoms with Crippen molar-refractivity contribution in [1.29, 1.82) is 0 Å². The van der Waals surface area contributed by atoms with E-state index in [4.69, 9.17) is 4.74 Å². The SMILES string of the molecule is CCOC(=O)c1c(C)nsc1NC(C)CN1CCCC1. The minimum atomic E-state index is -0.283. The summed E-state index contributed by atoms with van der Waals surface area (Å²) in [6.07, 6.45) is 2.58. The summed E-state index contributed by atoms with van der Waals surface area (Å²) in [5.74, 6) is -0.283. The highest BCUT2D eigenvalue weighted by molar-refractivity contribution is 7.10. The van der Waals surface area contributed by atoms with Crippen LogP contribution in [0, 0.1) is 6.92 Å². The third-order valence-electron chi connectivity index (χ3n) is 3.45. The van der Waals surface area contributed by atoms with E-state index in [0.717, 1.165) is 17.2 Å². The number of nitrogens with zero attached hydrogens (tertiary/aromatic N) is 2. The number of nitrogens with one attached hydrogen (secondary N) is 1. The zero-order valence-electron chi connectivity index (χ0n) is 12.4. The third kappa shape index (κ3) is 3.70. The molecule has 6 heteroatoms. The van der Waals surface area contributed by atoms with Gasteiger partial charge in [-0.15, -0.1) is 0 Å². The molecule has 0 spiro atoms. The van der Waals surface area contributed by atoms with Crippen LogP contribution in [0.3, 0.4) is 0 Å². The Kier molecular flexibility index (Phi) is 5.37. The van der Waals surface area contributed by atoms with Gasteiger partial charge in [0.1, 0.15) is 10.6 Å². The van der Waals surface area contributed by atoms with Gasteiger partial charge in [0, 0.05) is 12.6 Å². The first-order valence-corrected chi connectivity index (χ1v) is 8.01. The maximum absolute atomic E-state index is 12.0. The van der Waals surface area contributed by atoms with Crippen LogP contribution in [0.4, 0.5) is 5.00 Å². The van der Waals surface area contributed by atoms with E-state index in [2.05, 4.69) is 21.5 Å². The summed E-state index contributed by atoms with van der Waals surface area (Å²) < 4.78 is 9.37. The summed E-state index contributed by atoms with van der Waals surface area (Å²) in [7, 11) is 0. The highest BCUT2D eigenvalue weighted by atomic mass is 32.1. The number of rotatable bonds is 6. The molecular weight excluding hydrogens is 274 g/mol. The number of aromatic nitrogens is 1. The first-order chi connectivity index (χ1) is 9.61. The van der Waals surface area contributed by atoms with Crippen molar-refractivity contribution in [2.45, 2.75) is 39.7 Å². The van der Waals surface area contributed by atoms with Crippen molar-refractivity contribution in [2.24, 2.45) is 0 Å². The van der Waals surface area contributed by atoms with Gasteiger partial charge in [-0.25, -0.2) is 4.79 Å². The fourth-order valence-corrected chi connectivity index (χ4v) is 3.43. The van der Waals surface area contributed by atoms with Crippen molar-refractivity contribution in [3.05, 3.63) is 11.3 Å². The Balaban J connectivity index is 1.99. The van der Waals surface area contributed by atoms with Gasteiger partial charge in [-0.3, -0.25) is 0 Å². The molecule has 0 radical (unpaired) electrons. The van der Waals surface area contributed by atoms with E-state index in [9.17, 15) is 4.79 Å². The van der Waals surface area contributed by atoms with E-state index in [0.29, 0.717) is 18.2 Å². The molecule has 1 aliphatic heterocycles. The highest BCUT2D eigenvalue weighted by Gasteiger charge is 2.22. The molecule has 1 unspecified atom stereocenters. The number of aryl methyl sites for hydroxylation is 1. The Morgan fingerprint density at radius 1 is 1.50 bits per heavy atom. The highest BCUT2D eigenvalue weighted by Crippen LogP contribution is 2.26. The average molecular weight is 297 g/mol. The van der Waals surface area contributed by atoms with Crippen molar-refractivity contribution in [3.8, 4) is 0 Å². The molecule has 5 nitrogen and oxygen atoms in total. The van der Waals surface area contributed by atoms with Crippen LogP contribution < -0.4 is 5.32 Å². The van der Waals surface area contributed by atoms with Crippen LogP contribution in [-0.4, -0.2) is 47.5 Å².